The van der Waals surface area contributed by atoms with E-state index in [9.17, 15) is 37.3 Å². The number of nitrogens with zero attached hydrogens (tertiary/aromatic N) is 2. The zero-order valence-corrected chi connectivity index (χ0v) is 21.5. The first-order valence-electron chi connectivity index (χ1n) is 12.5. The average molecular weight is 573 g/mol. The van der Waals surface area contributed by atoms with Gasteiger partial charge in [0.1, 0.15) is 17.3 Å². The summed E-state index contributed by atoms with van der Waals surface area (Å²) in [6, 6.07) is 10.9. The minimum absolute atomic E-state index is 0.0310. The molecule has 1 aliphatic carbocycles. The molecule has 2 atom stereocenters. The summed E-state index contributed by atoms with van der Waals surface area (Å²) in [4.78, 5) is 36.0. The van der Waals surface area contributed by atoms with Crippen LogP contribution >= 0.6 is 0 Å². The summed E-state index contributed by atoms with van der Waals surface area (Å²) in [7, 11) is 1.25. The van der Waals surface area contributed by atoms with Gasteiger partial charge in [0.25, 0.3) is 5.69 Å². The quantitative estimate of drug-likeness (QED) is 0.157. The molecule has 0 radical (unpaired) electrons. The van der Waals surface area contributed by atoms with Crippen molar-refractivity contribution in [1.82, 2.24) is 0 Å². The smallest absolute Gasteiger partial charge is 0.471 e. The Morgan fingerprint density at radius 2 is 1.90 bits per heavy atom. The van der Waals surface area contributed by atoms with Crippen molar-refractivity contribution in [3.8, 4) is 5.75 Å². The van der Waals surface area contributed by atoms with Crippen molar-refractivity contribution in [2.45, 2.75) is 37.4 Å². The first kappa shape index (κ1) is 27.9. The van der Waals surface area contributed by atoms with E-state index in [1.165, 1.54) is 19.2 Å². The zero-order chi connectivity index (χ0) is 29.5. The molecule has 1 N–H and O–H groups in total. The standard InChI is InChI=1S/C28H23F4N3O6/c1-40-26(36)11-15-14-41-25-13-17(6-7-18(15)25)34(27(37)28(30,31)32)23-10-8-19-20(23)3-2-4-21(19)33-22-12-16(29)5-9-24(22)35(38)39/h2-7,9,12-13,15,23,33H,8,10-11,14H2,1H3/t15-,23?/m1/s1. The van der Waals surface area contributed by atoms with Gasteiger partial charge in [0.15, 0.2) is 0 Å². The van der Waals surface area contributed by atoms with Crippen molar-refractivity contribution in [2.75, 3.05) is 23.9 Å². The largest absolute Gasteiger partial charge is 0.493 e. The van der Waals surface area contributed by atoms with Crippen LogP contribution in [0.25, 0.3) is 0 Å². The molecule has 214 valence electrons. The number of nitrogens with one attached hydrogen (secondary N) is 1. The monoisotopic (exact) mass is 573 g/mol. The van der Waals surface area contributed by atoms with Gasteiger partial charge >= 0.3 is 18.1 Å². The highest BCUT2D eigenvalue weighted by Crippen LogP contribution is 2.46. The Kier molecular flexibility index (Phi) is 7.28. The number of hydrogen-bond donors (Lipinski definition) is 1. The first-order valence-corrected chi connectivity index (χ1v) is 12.5. The summed E-state index contributed by atoms with van der Waals surface area (Å²) in [5.41, 5.74) is 1.39. The van der Waals surface area contributed by atoms with E-state index in [0.29, 0.717) is 27.3 Å². The van der Waals surface area contributed by atoms with Crippen LogP contribution in [0.5, 0.6) is 5.75 Å². The number of alkyl halides is 3. The van der Waals surface area contributed by atoms with E-state index in [1.54, 1.807) is 24.3 Å². The SMILES string of the molecule is COC(=O)C[C@@H]1COc2cc(N(C(=O)C(F)(F)F)C3CCc4c(Nc5cc(F)ccc5[N+](=O)[O-])cccc43)ccc21. The zero-order valence-electron chi connectivity index (χ0n) is 21.5. The fourth-order valence-electron chi connectivity index (χ4n) is 5.37. The maximum Gasteiger partial charge on any atom is 0.471 e. The highest BCUT2D eigenvalue weighted by atomic mass is 19.4. The predicted octanol–water partition coefficient (Wildman–Crippen LogP) is 6.10. The van der Waals surface area contributed by atoms with Crippen LogP contribution in [-0.2, 0) is 20.7 Å². The molecule has 3 aromatic rings. The minimum Gasteiger partial charge on any atom is -0.493 e. The van der Waals surface area contributed by atoms with Crippen LogP contribution in [0.2, 0.25) is 0 Å². The molecular formula is C28H23F4N3O6. The summed E-state index contributed by atoms with van der Waals surface area (Å²) < 4.78 is 65.9. The van der Waals surface area contributed by atoms with E-state index in [1.807, 2.05) is 0 Å². The molecule has 0 bridgehead atoms. The van der Waals surface area contributed by atoms with Gasteiger partial charge in [0.05, 0.1) is 31.1 Å². The van der Waals surface area contributed by atoms with Gasteiger partial charge in [-0.1, -0.05) is 18.2 Å². The number of methoxy groups -OCH3 is 1. The predicted molar refractivity (Wildman–Crippen MR) is 139 cm³/mol. The number of halogens is 4. The Morgan fingerprint density at radius 1 is 1.12 bits per heavy atom. The number of carbonyl (C=O) groups excluding carboxylic acids is 2. The molecule has 2 aliphatic rings. The lowest BCUT2D eigenvalue weighted by Gasteiger charge is -2.31. The molecular weight excluding hydrogens is 550 g/mol. The lowest BCUT2D eigenvalue weighted by molar-refractivity contribution is -0.384. The Hall–Kier alpha value is -4.68. The fraction of sp³-hybridized carbons (Fsp3) is 0.286. The van der Waals surface area contributed by atoms with E-state index in [2.05, 4.69) is 5.32 Å². The number of carbonyl (C=O) groups is 2. The number of benzene rings is 3. The topological polar surface area (TPSA) is 111 Å². The van der Waals surface area contributed by atoms with Crippen LogP contribution in [0.4, 0.5) is 40.3 Å². The molecule has 0 spiro atoms. The second kappa shape index (κ2) is 10.7. The molecule has 0 saturated heterocycles. The van der Waals surface area contributed by atoms with Crippen LogP contribution in [0.15, 0.2) is 54.6 Å². The number of fused-ring (bicyclic) bond motifs is 2. The van der Waals surface area contributed by atoms with E-state index < -0.39 is 34.8 Å². The van der Waals surface area contributed by atoms with E-state index in [-0.39, 0.29) is 54.6 Å². The molecule has 13 heteroatoms. The number of amides is 1. The Balaban J connectivity index is 1.52. The molecule has 0 fully saturated rings. The molecule has 1 amide bonds. The molecule has 0 aromatic heterocycles. The van der Waals surface area contributed by atoms with Gasteiger partial charge in [-0.05, 0) is 42.2 Å². The molecule has 3 aromatic carbocycles. The van der Waals surface area contributed by atoms with Gasteiger partial charge in [-0.3, -0.25) is 24.6 Å². The number of anilines is 3. The molecule has 1 aliphatic heterocycles. The first-order chi connectivity index (χ1) is 19.5. The van der Waals surface area contributed by atoms with Crippen LogP contribution in [0.3, 0.4) is 0 Å². The molecule has 41 heavy (non-hydrogen) atoms. The van der Waals surface area contributed by atoms with Crippen LogP contribution in [0, 0.1) is 15.9 Å². The van der Waals surface area contributed by atoms with E-state index in [4.69, 9.17) is 9.47 Å². The highest BCUT2D eigenvalue weighted by Gasteiger charge is 2.47. The third-order valence-electron chi connectivity index (χ3n) is 7.23. The maximum atomic E-state index is 13.9. The van der Waals surface area contributed by atoms with Crippen LogP contribution in [0.1, 0.15) is 41.5 Å². The lowest BCUT2D eigenvalue weighted by atomic mass is 9.97. The molecule has 1 heterocycles. The molecule has 1 unspecified atom stereocenters. The van der Waals surface area contributed by atoms with Crippen molar-refractivity contribution < 1.29 is 41.5 Å². The van der Waals surface area contributed by atoms with Crippen molar-refractivity contribution in [1.29, 1.82) is 0 Å². The molecule has 5 rings (SSSR count). The van der Waals surface area contributed by atoms with Gasteiger partial charge in [-0.2, -0.15) is 13.2 Å². The normalized spacial score (nSPS) is 17.3. The van der Waals surface area contributed by atoms with Crippen molar-refractivity contribution >= 4 is 34.6 Å². The summed E-state index contributed by atoms with van der Waals surface area (Å²) in [6.07, 6.45) is -4.78. The van der Waals surface area contributed by atoms with Gasteiger partial charge in [-0.15, -0.1) is 0 Å². The number of nitro groups is 1. The van der Waals surface area contributed by atoms with Crippen molar-refractivity contribution in [2.24, 2.45) is 0 Å². The second-order valence-electron chi connectivity index (χ2n) is 9.65. The van der Waals surface area contributed by atoms with Gasteiger partial charge in [-0.25, -0.2) is 4.39 Å². The van der Waals surface area contributed by atoms with Crippen LogP contribution < -0.4 is 15.0 Å². The number of rotatable bonds is 7. The summed E-state index contributed by atoms with van der Waals surface area (Å²) >= 11 is 0. The number of hydrogen-bond acceptors (Lipinski definition) is 7. The lowest BCUT2D eigenvalue weighted by Crippen LogP contribution is -2.43. The van der Waals surface area contributed by atoms with Crippen molar-refractivity contribution in [3.63, 3.8) is 0 Å². The number of nitro benzene ring substituents is 1. The van der Waals surface area contributed by atoms with Crippen LogP contribution in [-0.4, -0.2) is 36.7 Å². The Morgan fingerprint density at radius 3 is 2.61 bits per heavy atom. The number of ether oxygens (including phenoxy) is 2. The van der Waals surface area contributed by atoms with Crippen molar-refractivity contribution in [3.05, 3.63) is 87.2 Å². The van der Waals surface area contributed by atoms with Gasteiger partial charge in [0, 0.05) is 41.1 Å². The molecule has 9 nitrogen and oxygen atoms in total. The Bertz CT molecular complexity index is 1540. The summed E-state index contributed by atoms with van der Waals surface area (Å²) in [5, 5.41) is 14.3. The highest BCUT2D eigenvalue weighted by molar-refractivity contribution is 5.98. The van der Waals surface area contributed by atoms with Gasteiger partial charge < -0.3 is 14.8 Å². The molecule has 0 saturated carbocycles. The van der Waals surface area contributed by atoms with E-state index >= 15 is 0 Å². The summed E-state index contributed by atoms with van der Waals surface area (Å²) in [5.74, 6) is -3.31. The average Bonchev–Trinajstić information content (AvgIpc) is 3.53. The Labute approximate surface area is 230 Å². The maximum absolute atomic E-state index is 13.9. The second-order valence-corrected chi connectivity index (χ2v) is 9.65. The van der Waals surface area contributed by atoms with E-state index in [0.717, 1.165) is 18.2 Å². The summed E-state index contributed by atoms with van der Waals surface area (Å²) in [6.45, 7) is 0.134. The minimum atomic E-state index is -5.19. The third kappa shape index (κ3) is 5.39. The third-order valence-corrected chi connectivity index (χ3v) is 7.23. The fourth-order valence-corrected chi connectivity index (χ4v) is 5.37. The number of esters is 1. The van der Waals surface area contributed by atoms with Gasteiger partial charge in [0.2, 0.25) is 0 Å².